The highest BCUT2D eigenvalue weighted by atomic mass is 16.5. The molecule has 0 radical (unpaired) electrons. The Balaban J connectivity index is 1.30. The van der Waals surface area contributed by atoms with Gasteiger partial charge in [0.25, 0.3) is 0 Å². The van der Waals surface area contributed by atoms with E-state index < -0.39 is 5.54 Å². The first-order chi connectivity index (χ1) is 16.5. The number of nitrogens with one attached hydrogen (secondary N) is 1. The quantitative estimate of drug-likeness (QED) is 0.628. The van der Waals surface area contributed by atoms with Gasteiger partial charge in [0, 0.05) is 52.5 Å². The van der Waals surface area contributed by atoms with Crippen LogP contribution in [0.3, 0.4) is 0 Å². The van der Waals surface area contributed by atoms with Gasteiger partial charge in [0.1, 0.15) is 5.54 Å². The molecular formula is C26H37N5O3. The summed E-state index contributed by atoms with van der Waals surface area (Å²) in [5.74, 6) is 1.08. The summed E-state index contributed by atoms with van der Waals surface area (Å²) in [6, 6.07) is 10.5. The Labute approximate surface area is 202 Å². The van der Waals surface area contributed by atoms with Crippen LogP contribution in [0.1, 0.15) is 75.6 Å². The van der Waals surface area contributed by atoms with E-state index in [9.17, 15) is 9.59 Å². The third-order valence-corrected chi connectivity index (χ3v) is 7.01. The summed E-state index contributed by atoms with van der Waals surface area (Å²) < 4.78 is 5.52. The highest BCUT2D eigenvalue weighted by Gasteiger charge is 2.38. The van der Waals surface area contributed by atoms with Gasteiger partial charge >= 0.3 is 0 Å². The Morgan fingerprint density at radius 2 is 1.76 bits per heavy atom. The lowest BCUT2D eigenvalue weighted by atomic mass is 9.89. The van der Waals surface area contributed by atoms with E-state index in [1.807, 2.05) is 11.0 Å². The minimum atomic E-state index is -0.554. The van der Waals surface area contributed by atoms with Crippen molar-refractivity contribution in [2.75, 3.05) is 26.2 Å². The number of benzene rings is 1. The van der Waals surface area contributed by atoms with E-state index in [0.717, 1.165) is 77.7 Å². The van der Waals surface area contributed by atoms with Crippen molar-refractivity contribution in [1.82, 2.24) is 25.3 Å². The number of hydrogen-bond acceptors (Lipinski definition) is 6. The summed E-state index contributed by atoms with van der Waals surface area (Å²) in [5, 5.41) is 7.34. The third-order valence-electron chi connectivity index (χ3n) is 7.01. The Kier molecular flexibility index (Phi) is 8.32. The summed E-state index contributed by atoms with van der Waals surface area (Å²) in [7, 11) is 0. The predicted octanol–water partition coefficient (Wildman–Crippen LogP) is 3.42. The molecule has 1 aromatic heterocycles. The van der Waals surface area contributed by atoms with Crippen LogP contribution in [-0.4, -0.2) is 57.9 Å². The van der Waals surface area contributed by atoms with Crippen LogP contribution in [0.25, 0.3) is 0 Å². The van der Waals surface area contributed by atoms with Gasteiger partial charge in [0.2, 0.25) is 17.7 Å². The molecule has 2 aliphatic rings. The van der Waals surface area contributed by atoms with Crippen LogP contribution in [-0.2, 0) is 28.1 Å². The van der Waals surface area contributed by atoms with E-state index in [0.29, 0.717) is 24.6 Å². The van der Waals surface area contributed by atoms with Crippen molar-refractivity contribution < 1.29 is 14.1 Å². The van der Waals surface area contributed by atoms with Crippen LogP contribution in [0, 0.1) is 0 Å². The molecule has 34 heavy (non-hydrogen) atoms. The van der Waals surface area contributed by atoms with Gasteiger partial charge in [0.05, 0.1) is 0 Å². The number of rotatable bonds is 7. The fourth-order valence-electron chi connectivity index (χ4n) is 5.22. The molecule has 0 atom stereocenters. The molecule has 1 aliphatic carbocycles. The molecule has 8 nitrogen and oxygen atoms in total. The SMILES string of the molecule is CC(=O)NC1(c2noc(CCC(=O)N3CCCN(Cc4ccccc4)CC3)n2)CCCCCC1. The van der Waals surface area contributed by atoms with Crippen LogP contribution < -0.4 is 5.32 Å². The molecule has 1 aliphatic heterocycles. The van der Waals surface area contributed by atoms with Gasteiger partial charge in [-0.25, -0.2) is 0 Å². The molecule has 1 saturated carbocycles. The maximum atomic E-state index is 12.9. The van der Waals surface area contributed by atoms with E-state index in [4.69, 9.17) is 4.52 Å². The van der Waals surface area contributed by atoms with Crippen molar-refractivity contribution in [2.24, 2.45) is 0 Å². The fourth-order valence-corrected chi connectivity index (χ4v) is 5.22. The average molecular weight is 468 g/mol. The first kappa shape index (κ1) is 24.4. The van der Waals surface area contributed by atoms with Gasteiger partial charge in [-0.2, -0.15) is 4.98 Å². The Bertz CT molecular complexity index is 937. The van der Waals surface area contributed by atoms with E-state index in [1.54, 1.807) is 0 Å². The summed E-state index contributed by atoms with van der Waals surface area (Å²) >= 11 is 0. The molecule has 1 aromatic carbocycles. The zero-order valence-corrected chi connectivity index (χ0v) is 20.3. The molecule has 4 rings (SSSR count). The monoisotopic (exact) mass is 467 g/mol. The van der Waals surface area contributed by atoms with Gasteiger partial charge in [-0.05, 0) is 24.8 Å². The van der Waals surface area contributed by atoms with Crippen LogP contribution in [0.4, 0.5) is 0 Å². The van der Waals surface area contributed by atoms with E-state index in [2.05, 4.69) is 44.6 Å². The smallest absolute Gasteiger partial charge is 0.227 e. The van der Waals surface area contributed by atoms with Crippen LogP contribution in [0.15, 0.2) is 34.9 Å². The van der Waals surface area contributed by atoms with E-state index in [-0.39, 0.29) is 11.8 Å². The first-order valence-electron chi connectivity index (χ1n) is 12.7. The largest absolute Gasteiger partial charge is 0.343 e. The van der Waals surface area contributed by atoms with Crippen molar-refractivity contribution in [2.45, 2.75) is 76.8 Å². The molecule has 0 unspecified atom stereocenters. The summed E-state index contributed by atoms with van der Waals surface area (Å²) in [4.78, 5) is 33.8. The zero-order valence-electron chi connectivity index (χ0n) is 20.3. The van der Waals surface area contributed by atoms with Gasteiger partial charge < -0.3 is 14.7 Å². The standard InChI is InChI=1S/C26H37N5O3/c1-21(32)28-26(14-7-2-3-8-15-26)25-27-23(34-29-25)12-13-24(33)31-17-9-16-30(18-19-31)20-22-10-5-4-6-11-22/h4-6,10-11H,2-3,7-9,12-20H2,1H3,(H,28,32). The second kappa shape index (κ2) is 11.6. The summed E-state index contributed by atoms with van der Waals surface area (Å²) in [6.07, 6.45) is 7.74. The molecule has 184 valence electrons. The van der Waals surface area contributed by atoms with Crippen molar-refractivity contribution >= 4 is 11.8 Å². The molecule has 1 saturated heterocycles. The molecular weight excluding hydrogens is 430 g/mol. The average Bonchev–Trinajstić information content (AvgIpc) is 3.02. The number of aromatic nitrogens is 2. The topological polar surface area (TPSA) is 91.6 Å². The molecule has 0 bridgehead atoms. The Hall–Kier alpha value is -2.74. The highest BCUT2D eigenvalue weighted by Crippen LogP contribution is 2.34. The molecule has 2 amide bonds. The maximum Gasteiger partial charge on any atom is 0.227 e. The predicted molar refractivity (Wildman–Crippen MR) is 129 cm³/mol. The lowest BCUT2D eigenvalue weighted by Crippen LogP contribution is -2.45. The summed E-state index contributed by atoms with van der Waals surface area (Å²) in [6.45, 7) is 5.86. The number of aryl methyl sites for hydroxylation is 1. The van der Waals surface area contributed by atoms with Gasteiger partial charge in [0.15, 0.2) is 5.82 Å². The first-order valence-corrected chi connectivity index (χ1v) is 12.7. The molecule has 8 heteroatoms. The van der Waals surface area contributed by atoms with Crippen LogP contribution >= 0.6 is 0 Å². The number of amides is 2. The number of nitrogens with zero attached hydrogens (tertiary/aromatic N) is 4. The number of carbonyl (C=O) groups is 2. The molecule has 2 aromatic rings. The Morgan fingerprint density at radius 1 is 1.00 bits per heavy atom. The van der Waals surface area contributed by atoms with Gasteiger partial charge in [-0.15, -0.1) is 0 Å². The van der Waals surface area contributed by atoms with Crippen LogP contribution in [0.2, 0.25) is 0 Å². The van der Waals surface area contributed by atoms with E-state index in [1.165, 1.54) is 12.5 Å². The molecule has 2 fully saturated rings. The molecule has 1 N–H and O–H groups in total. The number of hydrogen-bond donors (Lipinski definition) is 1. The lowest BCUT2D eigenvalue weighted by Gasteiger charge is -2.30. The van der Waals surface area contributed by atoms with E-state index >= 15 is 0 Å². The minimum absolute atomic E-state index is 0.0779. The molecule has 0 spiro atoms. The maximum absolute atomic E-state index is 12.9. The van der Waals surface area contributed by atoms with Crippen LogP contribution in [0.5, 0.6) is 0 Å². The van der Waals surface area contributed by atoms with Gasteiger partial charge in [-0.1, -0.05) is 61.2 Å². The minimum Gasteiger partial charge on any atom is -0.343 e. The molecule has 2 heterocycles. The zero-order chi connectivity index (χ0) is 23.8. The van der Waals surface area contributed by atoms with Crippen molar-refractivity contribution in [3.63, 3.8) is 0 Å². The Morgan fingerprint density at radius 3 is 2.50 bits per heavy atom. The van der Waals surface area contributed by atoms with Crippen molar-refractivity contribution in [3.8, 4) is 0 Å². The number of carbonyl (C=O) groups excluding carboxylic acids is 2. The third kappa shape index (κ3) is 6.44. The fraction of sp³-hybridized carbons (Fsp3) is 0.615. The second-order valence-electron chi connectivity index (χ2n) is 9.69. The summed E-state index contributed by atoms with van der Waals surface area (Å²) in [5.41, 5.74) is 0.751. The van der Waals surface area contributed by atoms with Crippen molar-refractivity contribution in [3.05, 3.63) is 47.6 Å². The van der Waals surface area contributed by atoms with Crippen molar-refractivity contribution in [1.29, 1.82) is 0 Å². The second-order valence-corrected chi connectivity index (χ2v) is 9.69. The van der Waals surface area contributed by atoms with Gasteiger partial charge in [-0.3, -0.25) is 14.5 Å². The highest BCUT2D eigenvalue weighted by molar-refractivity contribution is 5.76. The normalized spacial score (nSPS) is 19.3. The lowest BCUT2D eigenvalue weighted by molar-refractivity contribution is -0.131.